The number of hydrogen-bond donors (Lipinski definition) is 5. The lowest BCUT2D eigenvalue weighted by molar-refractivity contribution is -0.145. The minimum Gasteiger partial charge on any atom is -0.465 e. The van der Waals surface area contributed by atoms with Crippen LogP contribution in [0.25, 0.3) is 0 Å². The van der Waals surface area contributed by atoms with Crippen molar-refractivity contribution in [2.75, 3.05) is 6.54 Å². The van der Waals surface area contributed by atoms with Crippen LogP contribution in [0.4, 0.5) is 4.79 Å². The molecule has 2 aliphatic carbocycles. The molecule has 3 atom stereocenters. The Kier molecular flexibility index (Phi) is 9.53. The molecule has 2 heterocycles. The molecule has 0 aromatic carbocycles. The molecule has 0 radical (unpaired) electrons. The Morgan fingerprint density at radius 2 is 1.74 bits per heavy atom. The van der Waals surface area contributed by atoms with Gasteiger partial charge in [-0.3, -0.25) is 19.2 Å². The van der Waals surface area contributed by atoms with Crippen molar-refractivity contribution >= 4 is 29.6 Å². The second-order valence-electron chi connectivity index (χ2n) is 12.6. The monoisotopic (exact) mass is 589 g/mol. The van der Waals surface area contributed by atoms with Gasteiger partial charge in [-0.25, -0.2) is 9.48 Å². The van der Waals surface area contributed by atoms with E-state index in [9.17, 15) is 34.2 Å². The van der Waals surface area contributed by atoms with E-state index in [4.69, 9.17) is 5.73 Å². The second kappa shape index (κ2) is 12.8. The molecule has 3 aliphatic rings. The van der Waals surface area contributed by atoms with Crippen LogP contribution in [0.5, 0.6) is 0 Å². The van der Waals surface area contributed by atoms with E-state index in [1.807, 2.05) is 0 Å². The van der Waals surface area contributed by atoms with Gasteiger partial charge in [-0.15, -0.1) is 5.10 Å². The van der Waals surface area contributed by atoms with E-state index in [1.165, 1.54) is 15.8 Å². The van der Waals surface area contributed by atoms with E-state index in [2.05, 4.69) is 20.9 Å². The van der Waals surface area contributed by atoms with Gasteiger partial charge in [-0.2, -0.15) is 0 Å². The van der Waals surface area contributed by atoms with Gasteiger partial charge in [0.05, 0.1) is 17.9 Å². The largest absolute Gasteiger partial charge is 0.465 e. The Morgan fingerprint density at radius 1 is 1.10 bits per heavy atom. The third-order valence-electron chi connectivity index (χ3n) is 9.03. The number of nitrogens with two attached hydrogens (primary N) is 1. The number of nitrogens with zero attached hydrogens (tertiary/aromatic N) is 4. The molecule has 1 aromatic rings. The molecule has 0 spiro atoms. The zero-order chi connectivity index (χ0) is 30.7. The lowest BCUT2D eigenvalue weighted by Crippen LogP contribution is -2.62. The molecule has 232 valence electrons. The van der Waals surface area contributed by atoms with Crippen molar-refractivity contribution in [3.63, 3.8) is 0 Å². The van der Waals surface area contributed by atoms with E-state index in [0.717, 1.165) is 38.5 Å². The highest BCUT2D eigenvalue weighted by Gasteiger charge is 2.49. The van der Waals surface area contributed by atoms with Gasteiger partial charge in [0.1, 0.15) is 23.2 Å². The van der Waals surface area contributed by atoms with Crippen molar-refractivity contribution in [3.8, 4) is 0 Å². The fourth-order valence-electron chi connectivity index (χ4n) is 6.88. The highest BCUT2D eigenvalue weighted by molar-refractivity contribution is 6.39. The molecule has 4 rings (SSSR count). The second-order valence-corrected chi connectivity index (χ2v) is 12.6. The number of nitrogens with one attached hydrogen (secondary N) is 2. The number of primary amides is 1. The molecule has 3 fully saturated rings. The number of likely N-dealkylation sites (tertiary alicyclic amines) is 1. The van der Waals surface area contributed by atoms with Crippen LogP contribution in [0.1, 0.15) is 103 Å². The smallest absolute Gasteiger partial charge is 0.405 e. The number of rotatable bonds is 10. The highest BCUT2D eigenvalue weighted by atomic mass is 16.4. The first-order chi connectivity index (χ1) is 19.8. The first kappa shape index (κ1) is 31.4. The van der Waals surface area contributed by atoms with Crippen LogP contribution in [0.15, 0.2) is 6.20 Å². The van der Waals surface area contributed by atoms with Crippen LogP contribution >= 0.6 is 0 Å². The molecule has 14 nitrogen and oxygen atoms in total. The summed E-state index contributed by atoms with van der Waals surface area (Å²) in [7, 11) is 0. The topological polar surface area (TPSA) is 210 Å². The summed E-state index contributed by atoms with van der Waals surface area (Å²) in [5.74, 6) is -3.01. The maximum Gasteiger partial charge on any atom is 0.405 e. The van der Waals surface area contributed by atoms with Gasteiger partial charge in [-0.1, -0.05) is 56.6 Å². The molecule has 0 bridgehead atoms. The molecule has 1 unspecified atom stereocenters. The van der Waals surface area contributed by atoms with Crippen LogP contribution in [0.2, 0.25) is 0 Å². The number of carboxylic acid groups (broad SMARTS) is 1. The van der Waals surface area contributed by atoms with Crippen molar-refractivity contribution in [2.45, 2.75) is 120 Å². The van der Waals surface area contributed by atoms with E-state index < -0.39 is 58.9 Å². The quantitative estimate of drug-likeness (QED) is 0.247. The number of ketones is 1. The number of Topliss-reactive ketones (excluding diaryl/α,β-unsaturated/α-hetero) is 1. The Balaban J connectivity index is 1.66. The van der Waals surface area contributed by atoms with Gasteiger partial charge < -0.3 is 31.5 Å². The molecule has 14 heteroatoms. The fraction of sp³-hybridized carbons (Fsp3) is 0.750. The normalized spacial score (nSPS) is 23.6. The average Bonchev–Trinajstić information content (AvgIpc) is 3.61. The summed E-state index contributed by atoms with van der Waals surface area (Å²) in [5.41, 5.74) is 2.98. The Bertz CT molecular complexity index is 1180. The van der Waals surface area contributed by atoms with Crippen molar-refractivity contribution < 1.29 is 34.2 Å². The lowest BCUT2D eigenvalue weighted by atomic mass is 9.78. The van der Waals surface area contributed by atoms with Crippen molar-refractivity contribution in [1.29, 1.82) is 0 Å². The first-order valence-corrected chi connectivity index (χ1v) is 14.9. The third kappa shape index (κ3) is 6.90. The molecule has 4 amide bonds. The molecule has 6 N–H and O–H groups in total. The van der Waals surface area contributed by atoms with E-state index in [-0.39, 0.29) is 31.7 Å². The molecular formula is C28H43N7O7. The zero-order valence-corrected chi connectivity index (χ0v) is 24.4. The fourth-order valence-corrected chi connectivity index (χ4v) is 6.88. The Hall–Kier alpha value is -3.55. The zero-order valence-electron chi connectivity index (χ0n) is 24.4. The van der Waals surface area contributed by atoms with Crippen molar-refractivity contribution in [3.05, 3.63) is 11.9 Å². The molecular weight excluding hydrogens is 546 g/mol. The molecule has 1 saturated heterocycles. The summed E-state index contributed by atoms with van der Waals surface area (Å²) < 4.78 is 1.49. The molecule has 2 saturated carbocycles. The summed E-state index contributed by atoms with van der Waals surface area (Å²) >= 11 is 0. The van der Waals surface area contributed by atoms with Crippen LogP contribution in [-0.4, -0.2) is 83.9 Å². The number of carbonyl (C=O) groups is 5. The van der Waals surface area contributed by atoms with E-state index in [1.54, 1.807) is 13.8 Å². The molecule has 1 aromatic heterocycles. The number of carbonyl (C=O) groups excluding carboxylic acids is 4. The van der Waals surface area contributed by atoms with Gasteiger partial charge >= 0.3 is 6.09 Å². The minimum atomic E-state index is -1.46. The lowest BCUT2D eigenvalue weighted by Gasteiger charge is -2.37. The van der Waals surface area contributed by atoms with Gasteiger partial charge in [0.25, 0.3) is 5.91 Å². The van der Waals surface area contributed by atoms with Gasteiger partial charge in [-0.05, 0) is 39.0 Å². The van der Waals surface area contributed by atoms with Crippen molar-refractivity contribution in [1.82, 2.24) is 30.5 Å². The number of amides is 4. The third-order valence-corrected chi connectivity index (χ3v) is 9.03. The summed E-state index contributed by atoms with van der Waals surface area (Å²) in [6.07, 6.45) is 7.96. The highest BCUT2D eigenvalue weighted by Crippen LogP contribution is 2.35. The predicted octanol–water partition coefficient (Wildman–Crippen LogP) is 1.13. The number of hydrogen-bond acceptors (Lipinski definition) is 8. The van der Waals surface area contributed by atoms with Gasteiger partial charge in [0.15, 0.2) is 0 Å². The average molecular weight is 590 g/mol. The summed E-state index contributed by atoms with van der Waals surface area (Å²) in [4.78, 5) is 66.0. The summed E-state index contributed by atoms with van der Waals surface area (Å²) in [6.45, 7) is 3.15. The summed E-state index contributed by atoms with van der Waals surface area (Å²) in [5, 5.41) is 33.5. The predicted molar refractivity (Wildman–Crippen MR) is 149 cm³/mol. The number of aliphatic hydroxyl groups is 1. The Morgan fingerprint density at radius 3 is 2.33 bits per heavy atom. The first-order valence-electron chi connectivity index (χ1n) is 14.9. The Labute approximate surface area is 244 Å². The van der Waals surface area contributed by atoms with E-state index in [0.29, 0.717) is 25.0 Å². The van der Waals surface area contributed by atoms with Crippen molar-refractivity contribution in [2.24, 2.45) is 11.7 Å². The van der Waals surface area contributed by atoms with Gasteiger partial charge in [0.2, 0.25) is 17.6 Å². The van der Waals surface area contributed by atoms with Crippen LogP contribution < -0.4 is 16.4 Å². The van der Waals surface area contributed by atoms with Crippen LogP contribution in [0.3, 0.4) is 0 Å². The maximum absolute atomic E-state index is 14.1. The minimum absolute atomic E-state index is 0.00257. The SMILES string of the molecule is CC(C)(O)c1cnnn1[C@H]1C[C@@H](C(=O)NC2(C(=O)C(N)=O)CCCCC2)N(C(=O)C(CC2CCCCC2)NC(=O)O)C1. The van der Waals surface area contributed by atoms with Crippen LogP contribution in [-0.2, 0) is 24.8 Å². The van der Waals surface area contributed by atoms with Gasteiger partial charge in [0, 0.05) is 13.0 Å². The van der Waals surface area contributed by atoms with Crippen LogP contribution in [0, 0.1) is 5.92 Å². The molecule has 42 heavy (non-hydrogen) atoms. The maximum atomic E-state index is 14.1. The standard InChI is InChI=1S/C28H43N7O7/c1-27(2,42)21-15-30-33-35(21)18-14-20(24(38)32-28(22(36)23(29)37)11-7-4-8-12-28)34(16-18)25(39)19(31-26(40)41)13-17-9-5-3-6-10-17/h15,17-20,31,42H,3-14,16H2,1-2H3,(H2,29,37)(H,32,38)(H,40,41)/t18-,19?,20-/m0/s1. The van der Waals surface area contributed by atoms with E-state index >= 15 is 0 Å². The molecule has 1 aliphatic heterocycles. The summed E-state index contributed by atoms with van der Waals surface area (Å²) in [6, 6.07) is -2.73. The number of aromatic nitrogens is 3.